The number of carbonyl (C=O) groups is 3. The van der Waals surface area contributed by atoms with E-state index in [0.29, 0.717) is 0 Å². The Morgan fingerprint density at radius 1 is 1.11 bits per heavy atom. The summed E-state index contributed by atoms with van der Waals surface area (Å²) in [4.78, 5) is 35.0. The maximum Gasteiger partial charge on any atom is 0.335 e. The molecule has 0 radical (unpaired) electrons. The summed E-state index contributed by atoms with van der Waals surface area (Å²) in [6, 6.07) is 4.42. The molecule has 0 unspecified atom stereocenters. The number of carbonyl (C=O) groups excluding carboxylic acids is 3. The maximum absolute atomic E-state index is 11.6. The number of sulfone groups is 1. The van der Waals surface area contributed by atoms with Crippen molar-refractivity contribution in [1.29, 1.82) is 0 Å². The first-order valence-corrected chi connectivity index (χ1v) is 7.15. The summed E-state index contributed by atoms with van der Waals surface area (Å²) in [5.74, 6) is -1.31. The van der Waals surface area contributed by atoms with Crippen molar-refractivity contribution >= 4 is 33.4 Å². The van der Waals surface area contributed by atoms with Crippen LogP contribution in [0.15, 0.2) is 29.2 Å². The van der Waals surface area contributed by atoms with Gasteiger partial charge in [0.1, 0.15) is 6.42 Å². The summed E-state index contributed by atoms with van der Waals surface area (Å²) < 4.78 is 22.6. The molecule has 100 valence electrons. The van der Waals surface area contributed by atoms with Gasteiger partial charge < -0.3 is 0 Å². The van der Waals surface area contributed by atoms with E-state index in [1.807, 2.05) is 5.32 Å². The van der Waals surface area contributed by atoms with Crippen LogP contribution in [0, 0.1) is 0 Å². The molecule has 1 aliphatic rings. The average molecular weight is 282 g/mol. The Labute approximate surface area is 109 Å². The van der Waals surface area contributed by atoms with Crippen molar-refractivity contribution in [2.45, 2.75) is 11.3 Å². The second-order valence-corrected chi connectivity index (χ2v) is 6.04. The average Bonchev–Trinajstić information content (AvgIpc) is 2.27. The van der Waals surface area contributed by atoms with Gasteiger partial charge in [0.2, 0.25) is 11.8 Å². The van der Waals surface area contributed by atoms with Crippen LogP contribution < -0.4 is 10.2 Å². The maximum atomic E-state index is 11.6. The zero-order valence-electron chi connectivity index (χ0n) is 9.91. The van der Waals surface area contributed by atoms with E-state index < -0.39 is 34.1 Å². The highest BCUT2D eigenvalue weighted by atomic mass is 32.2. The minimum atomic E-state index is -3.34. The molecule has 0 bridgehead atoms. The lowest BCUT2D eigenvalue weighted by Gasteiger charge is -2.24. The molecule has 0 atom stereocenters. The number of nitrogens with one attached hydrogen (secondary N) is 1. The minimum Gasteiger partial charge on any atom is -0.277 e. The SMILES string of the molecule is CS(=O)(=O)c1ccc(N2C(=O)CC(=O)NC2=O)cc1. The monoisotopic (exact) mass is 282 g/mol. The molecule has 0 aliphatic carbocycles. The van der Waals surface area contributed by atoms with E-state index in [-0.39, 0.29) is 10.6 Å². The van der Waals surface area contributed by atoms with Gasteiger partial charge in [0.25, 0.3) is 0 Å². The van der Waals surface area contributed by atoms with Gasteiger partial charge in [0.15, 0.2) is 9.84 Å². The van der Waals surface area contributed by atoms with Crippen molar-refractivity contribution in [3.63, 3.8) is 0 Å². The van der Waals surface area contributed by atoms with Gasteiger partial charge in [-0.15, -0.1) is 0 Å². The van der Waals surface area contributed by atoms with E-state index in [1.165, 1.54) is 24.3 Å². The van der Waals surface area contributed by atoms with Crippen LogP contribution in [0.2, 0.25) is 0 Å². The standard InChI is InChI=1S/C11H10N2O5S/c1-19(17,18)8-4-2-7(3-5-8)13-10(15)6-9(14)12-11(13)16/h2-5H,6H2,1H3,(H,12,14,16). The third-order valence-corrected chi connectivity index (χ3v) is 3.66. The lowest BCUT2D eigenvalue weighted by Crippen LogP contribution is -2.52. The Hall–Kier alpha value is -2.22. The van der Waals surface area contributed by atoms with Crippen LogP contribution in [-0.2, 0) is 19.4 Å². The molecular weight excluding hydrogens is 272 g/mol. The minimum absolute atomic E-state index is 0.0807. The number of rotatable bonds is 2. The van der Waals surface area contributed by atoms with E-state index >= 15 is 0 Å². The van der Waals surface area contributed by atoms with Crippen molar-refractivity contribution in [3.8, 4) is 0 Å². The quantitative estimate of drug-likeness (QED) is 0.773. The summed E-state index contributed by atoms with van der Waals surface area (Å²) in [7, 11) is -3.34. The molecule has 4 amide bonds. The highest BCUT2D eigenvalue weighted by Crippen LogP contribution is 2.20. The Morgan fingerprint density at radius 2 is 1.68 bits per heavy atom. The van der Waals surface area contributed by atoms with Gasteiger partial charge in [-0.05, 0) is 24.3 Å². The smallest absolute Gasteiger partial charge is 0.277 e. The molecule has 1 aromatic rings. The second kappa shape index (κ2) is 4.47. The molecule has 1 heterocycles. The largest absolute Gasteiger partial charge is 0.335 e. The first-order valence-electron chi connectivity index (χ1n) is 5.26. The van der Waals surface area contributed by atoms with Crippen molar-refractivity contribution in [2.24, 2.45) is 0 Å². The Kier molecular flexibility index (Phi) is 3.11. The number of hydrogen-bond acceptors (Lipinski definition) is 5. The van der Waals surface area contributed by atoms with Crippen molar-refractivity contribution in [2.75, 3.05) is 11.2 Å². The third kappa shape index (κ3) is 2.63. The van der Waals surface area contributed by atoms with E-state index in [1.54, 1.807) is 0 Å². The van der Waals surface area contributed by atoms with Crippen LogP contribution in [-0.4, -0.2) is 32.5 Å². The van der Waals surface area contributed by atoms with E-state index in [0.717, 1.165) is 11.2 Å². The van der Waals surface area contributed by atoms with E-state index in [9.17, 15) is 22.8 Å². The van der Waals surface area contributed by atoms with Gasteiger partial charge in [0.05, 0.1) is 10.6 Å². The van der Waals surface area contributed by atoms with Gasteiger partial charge >= 0.3 is 6.03 Å². The van der Waals surface area contributed by atoms with E-state index in [2.05, 4.69) is 0 Å². The molecule has 1 aliphatic heterocycles. The predicted octanol–water partition coefficient (Wildman–Crippen LogP) is 0.0630. The molecule has 1 saturated heterocycles. The Balaban J connectivity index is 2.35. The summed E-state index contributed by atoms with van der Waals surface area (Å²) in [6.07, 6.45) is 0.638. The van der Waals surface area contributed by atoms with Crippen LogP contribution in [0.5, 0.6) is 0 Å². The fourth-order valence-corrected chi connectivity index (χ4v) is 2.28. The highest BCUT2D eigenvalue weighted by molar-refractivity contribution is 7.90. The predicted molar refractivity (Wildman–Crippen MR) is 65.2 cm³/mol. The van der Waals surface area contributed by atoms with Crippen LogP contribution >= 0.6 is 0 Å². The normalized spacial score (nSPS) is 16.5. The van der Waals surface area contributed by atoms with Gasteiger partial charge in [-0.1, -0.05) is 0 Å². The number of imide groups is 2. The molecule has 19 heavy (non-hydrogen) atoms. The summed E-state index contributed by atoms with van der Waals surface area (Å²) in [5.41, 5.74) is 0.211. The lowest BCUT2D eigenvalue weighted by molar-refractivity contribution is -0.128. The second-order valence-electron chi connectivity index (χ2n) is 4.03. The number of barbiturate groups is 1. The number of amides is 4. The lowest BCUT2D eigenvalue weighted by atomic mass is 10.2. The molecule has 1 aromatic carbocycles. The van der Waals surface area contributed by atoms with E-state index in [4.69, 9.17) is 0 Å². The van der Waals surface area contributed by atoms with Crippen molar-refractivity contribution in [3.05, 3.63) is 24.3 Å². The molecule has 8 heteroatoms. The van der Waals surface area contributed by atoms with Crippen LogP contribution in [0.1, 0.15) is 6.42 Å². The third-order valence-electron chi connectivity index (χ3n) is 2.53. The van der Waals surface area contributed by atoms with Gasteiger partial charge in [-0.3, -0.25) is 14.9 Å². The van der Waals surface area contributed by atoms with Gasteiger partial charge in [-0.2, -0.15) is 0 Å². The van der Waals surface area contributed by atoms with Gasteiger partial charge in [0, 0.05) is 6.26 Å². The molecule has 1 fully saturated rings. The number of hydrogen-bond donors (Lipinski definition) is 1. The van der Waals surface area contributed by atoms with Gasteiger partial charge in [-0.25, -0.2) is 18.1 Å². The molecule has 1 N–H and O–H groups in total. The van der Waals surface area contributed by atoms with Crippen molar-refractivity contribution < 1.29 is 22.8 Å². The molecule has 0 aromatic heterocycles. The van der Waals surface area contributed by atoms with Crippen LogP contribution in [0.3, 0.4) is 0 Å². The molecule has 0 saturated carbocycles. The fraction of sp³-hybridized carbons (Fsp3) is 0.182. The topological polar surface area (TPSA) is 101 Å². The number of urea groups is 1. The highest BCUT2D eigenvalue weighted by Gasteiger charge is 2.31. The van der Waals surface area contributed by atoms with Crippen molar-refractivity contribution in [1.82, 2.24) is 5.32 Å². The fourth-order valence-electron chi connectivity index (χ4n) is 1.65. The zero-order valence-corrected chi connectivity index (χ0v) is 10.7. The summed E-state index contributed by atoms with van der Waals surface area (Å²) in [5, 5.41) is 2.01. The summed E-state index contributed by atoms with van der Waals surface area (Å²) in [6.45, 7) is 0. The molecule has 7 nitrogen and oxygen atoms in total. The number of benzene rings is 1. The molecule has 2 rings (SSSR count). The zero-order chi connectivity index (χ0) is 14.2. The Morgan fingerprint density at radius 3 is 2.16 bits per heavy atom. The first kappa shape index (κ1) is 13.2. The molecule has 0 spiro atoms. The molecular formula is C11H10N2O5S. The number of nitrogens with zero attached hydrogens (tertiary/aromatic N) is 1. The Bertz CT molecular complexity index is 643. The van der Waals surface area contributed by atoms with Crippen LogP contribution in [0.4, 0.5) is 10.5 Å². The van der Waals surface area contributed by atoms with Crippen LogP contribution in [0.25, 0.3) is 0 Å². The first-order chi connectivity index (χ1) is 8.79. The number of anilines is 1. The summed E-state index contributed by atoms with van der Waals surface area (Å²) >= 11 is 0.